The second kappa shape index (κ2) is 6.00. The Morgan fingerprint density at radius 2 is 2.17 bits per heavy atom. The molecule has 2 unspecified atom stereocenters. The molecule has 3 N–H and O–H groups in total. The Morgan fingerprint density at radius 3 is 2.67 bits per heavy atom. The minimum absolute atomic E-state index is 0.0805. The van der Waals surface area contributed by atoms with Crippen LogP contribution in [0.3, 0.4) is 0 Å². The molecule has 6 nitrogen and oxygen atoms in total. The molecule has 1 aromatic rings. The van der Waals surface area contributed by atoms with E-state index in [1.165, 1.54) is 13.2 Å². The molecule has 0 bridgehead atoms. The van der Waals surface area contributed by atoms with Gasteiger partial charge < -0.3 is 20.1 Å². The van der Waals surface area contributed by atoms with Gasteiger partial charge in [0.1, 0.15) is 17.9 Å². The van der Waals surface area contributed by atoms with Crippen molar-refractivity contribution in [3.05, 3.63) is 29.3 Å². The molecule has 1 aromatic carbocycles. The van der Waals surface area contributed by atoms with Gasteiger partial charge in [-0.2, -0.15) is 5.26 Å². The highest BCUT2D eigenvalue weighted by atomic mass is 16.5. The van der Waals surface area contributed by atoms with Crippen LogP contribution in [0.25, 0.3) is 0 Å². The van der Waals surface area contributed by atoms with Gasteiger partial charge in [-0.1, -0.05) is 12.1 Å². The number of rotatable bonds is 5. The SMILES string of the molecule is COc1cccc(C(O)C(O)CC(=O)O)c1C#N. The largest absolute Gasteiger partial charge is 0.495 e. The molecule has 1 rings (SSSR count). The highest BCUT2D eigenvalue weighted by Crippen LogP contribution is 2.28. The van der Waals surface area contributed by atoms with E-state index >= 15 is 0 Å². The number of aliphatic hydroxyl groups excluding tert-OH is 2. The van der Waals surface area contributed by atoms with Gasteiger partial charge in [-0.25, -0.2) is 0 Å². The summed E-state index contributed by atoms with van der Waals surface area (Å²) in [6.07, 6.45) is -3.55. The summed E-state index contributed by atoms with van der Waals surface area (Å²) in [6.45, 7) is 0. The fraction of sp³-hybridized carbons (Fsp3) is 0.333. The minimum atomic E-state index is -1.48. The van der Waals surface area contributed by atoms with Crippen LogP contribution >= 0.6 is 0 Å². The number of nitrogens with zero attached hydrogens (tertiary/aromatic N) is 1. The van der Waals surface area contributed by atoms with Crippen LogP contribution in [-0.2, 0) is 4.79 Å². The van der Waals surface area contributed by atoms with Gasteiger partial charge in [0.25, 0.3) is 0 Å². The lowest BCUT2D eigenvalue weighted by molar-refractivity contribution is -0.141. The van der Waals surface area contributed by atoms with E-state index in [0.29, 0.717) is 0 Å². The first-order valence-electron chi connectivity index (χ1n) is 5.16. The van der Waals surface area contributed by atoms with E-state index in [1.54, 1.807) is 12.1 Å². The molecule has 0 aliphatic rings. The van der Waals surface area contributed by atoms with Crippen LogP contribution in [-0.4, -0.2) is 34.5 Å². The molecular weight excluding hydrogens is 238 g/mol. The number of aliphatic carboxylic acids is 1. The number of nitriles is 1. The molecule has 96 valence electrons. The maximum absolute atomic E-state index is 10.5. The Kier molecular flexibility index (Phi) is 4.66. The maximum atomic E-state index is 10.5. The Balaban J connectivity index is 3.09. The van der Waals surface area contributed by atoms with Crippen LogP contribution in [0.4, 0.5) is 0 Å². The Morgan fingerprint density at radius 1 is 1.50 bits per heavy atom. The molecule has 0 heterocycles. The maximum Gasteiger partial charge on any atom is 0.306 e. The fourth-order valence-corrected chi connectivity index (χ4v) is 1.58. The Labute approximate surface area is 104 Å². The number of aliphatic hydroxyl groups is 2. The molecule has 0 saturated carbocycles. The van der Waals surface area contributed by atoms with E-state index in [0.717, 1.165) is 0 Å². The monoisotopic (exact) mass is 251 g/mol. The van der Waals surface area contributed by atoms with Crippen LogP contribution in [0.5, 0.6) is 5.75 Å². The highest BCUT2D eigenvalue weighted by Gasteiger charge is 2.24. The molecule has 0 saturated heterocycles. The van der Waals surface area contributed by atoms with Gasteiger partial charge >= 0.3 is 5.97 Å². The molecule has 0 spiro atoms. The van der Waals surface area contributed by atoms with Crippen molar-refractivity contribution in [1.29, 1.82) is 5.26 Å². The van der Waals surface area contributed by atoms with Gasteiger partial charge in [0.2, 0.25) is 0 Å². The van der Waals surface area contributed by atoms with Gasteiger partial charge in [-0.3, -0.25) is 4.79 Å². The summed E-state index contributed by atoms with van der Waals surface area (Å²) in [7, 11) is 1.38. The van der Waals surface area contributed by atoms with Gasteiger partial charge in [-0.05, 0) is 6.07 Å². The van der Waals surface area contributed by atoms with Crippen molar-refractivity contribution in [2.24, 2.45) is 0 Å². The molecule has 0 aliphatic carbocycles. The number of carbonyl (C=O) groups is 1. The first kappa shape index (κ1) is 14.0. The fourth-order valence-electron chi connectivity index (χ4n) is 1.58. The van der Waals surface area contributed by atoms with E-state index in [9.17, 15) is 15.0 Å². The highest BCUT2D eigenvalue weighted by molar-refractivity contribution is 5.67. The first-order chi connectivity index (χ1) is 8.51. The zero-order valence-electron chi connectivity index (χ0n) is 9.70. The standard InChI is InChI=1S/C12H13NO5/c1-18-10-4-2-3-7(8(10)6-13)12(17)9(14)5-11(15)16/h2-4,9,12,14,17H,5H2,1H3,(H,15,16). The quantitative estimate of drug-likeness (QED) is 0.700. The molecule has 18 heavy (non-hydrogen) atoms. The van der Waals surface area contributed by atoms with Gasteiger partial charge in [0, 0.05) is 5.56 Å². The average molecular weight is 251 g/mol. The van der Waals surface area contributed by atoms with Crippen LogP contribution in [0.2, 0.25) is 0 Å². The summed E-state index contributed by atoms with van der Waals surface area (Å²) in [6, 6.07) is 6.39. The minimum Gasteiger partial charge on any atom is -0.495 e. The summed E-state index contributed by atoms with van der Waals surface area (Å²) >= 11 is 0. The summed E-state index contributed by atoms with van der Waals surface area (Å²) in [5.74, 6) is -0.973. The van der Waals surface area contributed by atoms with Crippen LogP contribution < -0.4 is 4.74 Å². The Bertz CT molecular complexity index is 480. The van der Waals surface area contributed by atoms with Gasteiger partial charge in [-0.15, -0.1) is 0 Å². The van der Waals surface area contributed by atoms with Crippen molar-refractivity contribution in [3.63, 3.8) is 0 Å². The molecule has 6 heteroatoms. The lowest BCUT2D eigenvalue weighted by Crippen LogP contribution is -2.22. The zero-order valence-corrected chi connectivity index (χ0v) is 9.70. The summed E-state index contributed by atoms with van der Waals surface area (Å²) in [4.78, 5) is 10.5. The van der Waals surface area contributed by atoms with Gasteiger partial charge in [0.15, 0.2) is 0 Å². The van der Waals surface area contributed by atoms with E-state index in [2.05, 4.69) is 0 Å². The normalized spacial score (nSPS) is 13.4. The summed E-state index contributed by atoms with van der Waals surface area (Å²) in [5.41, 5.74) is 0.225. The summed E-state index contributed by atoms with van der Waals surface area (Å²) in [5, 5.41) is 36.9. The van der Waals surface area contributed by atoms with Crippen molar-refractivity contribution in [2.45, 2.75) is 18.6 Å². The van der Waals surface area contributed by atoms with E-state index < -0.39 is 24.6 Å². The molecule has 0 fully saturated rings. The number of methoxy groups -OCH3 is 1. The smallest absolute Gasteiger partial charge is 0.306 e. The van der Waals surface area contributed by atoms with E-state index in [4.69, 9.17) is 15.1 Å². The second-order valence-electron chi connectivity index (χ2n) is 3.65. The van der Waals surface area contributed by atoms with Crippen molar-refractivity contribution in [2.75, 3.05) is 7.11 Å². The second-order valence-corrected chi connectivity index (χ2v) is 3.65. The number of hydrogen-bond acceptors (Lipinski definition) is 5. The number of hydrogen-bond donors (Lipinski definition) is 3. The molecule has 0 aromatic heterocycles. The molecule has 0 aliphatic heterocycles. The number of ether oxygens (including phenoxy) is 1. The topological polar surface area (TPSA) is 111 Å². The zero-order chi connectivity index (χ0) is 13.7. The first-order valence-corrected chi connectivity index (χ1v) is 5.16. The lowest BCUT2D eigenvalue weighted by Gasteiger charge is -2.18. The molecule has 0 radical (unpaired) electrons. The van der Waals surface area contributed by atoms with Crippen molar-refractivity contribution < 1.29 is 24.9 Å². The van der Waals surface area contributed by atoms with Crippen LogP contribution in [0, 0.1) is 11.3 Å². The third-order valence-corrected chi connectivity index (χ3v) is 2.46. The third-order valence-electron chi connectivity index (χ3n) is 2.46. The molecule has 2 atom stereocenters. The predicted octanol–water partition coefficient (Wildman–Crippen LogP) is 0.436. The average Bonchev–Trinajstić information content (AvgIpc) is 2.35. The third kappa shape index (κ3) is 2.97. The van der Waals surface area contributed by atoms with Crippen molar-refractivity contribution in [1.82, 2.24) is 0 Å². The number of benzene rings is 1. The summed E-state index contributed by atoms with van der Waals surface area (Å²) < 4.78 is 4.96. The van der Waals surface area contributed by atoms with E-state index in [1.807, 2.05) is 6.07 Å². The van der Waals surface area contributed by atoms with E-state index in [-0.39, 0.29) is 16.9 Å². The molecule has 0 amide bonds. The van der Waals surface area contributed by atoms with Gasteiger partial charge in [0.05, 0.1) is 25.2 Å². The van der Waals surface area contributed by atoms with Crippen LogP contribution in [0.15, 0.2) is 18.2 Å². The van der Waals surface area contributed by atoms with Crippen LogP contribution in [0.1, 0.15) is 23.7 Å². The van der Waals surface area contributed by atoms with Crippen molar-refractivity contribution in [3.8, 4) is 11.8 Å². The number of carboxylic acids is 1. The predicted molar refractivity (Wildman–Crippen MR) is 60.9 cm³/mol. The molecular formula is C12H13NO5. The van der Waals surface area contributed by atoms with Crippen molar-refractivity contribution >= 4 is 5.97 Å². The lowest BCUT2D eigenvalue weighted by atomic mass is 9.97. The Hall–Kier alpha value is -2.10. The number of carboxylic acid groups (broad SMARTS) is 1.